The summed E-state index contributed by atoms with van der Waals surface area (Å²) in [5.41, 5.74) is 1.20. The van der Waals surface area contributed by atoms with Crippen LogP contribution in [0.25, 0.3) is 0 Å². The number of aromatic nitrogens is 2. The zero-order valence-corrected chi connectivity index (χ0v) is 16.0. The predicted molar refractivity (Wildman–Crippen MR) is 102 cm³/mol. The third kappa shape index (κ3) is 3.09. The summed E-state index contributed by atoms with van der Waals surface area (Å²) in [5.74, 6) is 0.624. The first-order chi connectivity index (χ1) is 13.3. The Balaban J connectivity index is 1.34. The molecule has 0 radical (unpaired) electrons. The van der Waals surface area contributed by atoms with Crippen molar-refractivity contribution in [2.75, 3.05) is 55.8 Å². The van der Waals surface area contributed by atoms with E-state index in [1.54, 1.807) is 0 Å². The standard InChI is InChI=1S/C19H23FN4O2S/c20-15-13-21-18(22-17(15)23-7-10-25-11-8-23)24-5-3-19(4-6-24)14-2-12-27-16(14)1-9-26-19/h2,12-13H,1,3-11H2. The molecule has 2 fully saturated rings. The summed E-state index contributed by atoms with van der Waals surface area (Å²) in [6.45, 7) is 4.93. The molecular formula is C19H23FN4O2S. The number of ether oxygens (including phenoxy) is 2. The molecule has 3 aliphatic rings. The Hall–Kier alpha value is -1.77. The van der Waals surface area contributed by atoms with Crippen LogP contribution in [-0.2, 0) is 21.5 Å². The van der Waals surface area contributed by atoms with Crippen molar-refractivity contribution in [3.05, 3.63) is 33.9 Å². The Morgan fingerprint density at radius 2 is 1.89 bits per heavy atom. The van der Waals surface area contributed by atoms with Gasteiger partial charge in [-0.05, 0) is 29.9 Å². The minimum absolute atomic E-state index is 0.169. The number of fused-ring (bicyclic) bond motifs is 2. The molecule has 27 heavy (non-hydrogen) atoms. The van der Waals surface area contributed by atoms with Gasteiger partial charge in [-0.2, -0.15) is 4.98 Å². The van der Waals surface area contributed by atoms with E-state index in [0.29, 0.717) is 38.1 Å². The fraction of sp³-hybridized carbons (Fsp3) is 0.579. The summed E-state index contributed by atoms with van der Waals surface area (Å²) in [4.78, 5) is 14.4. The zero-order valence-electron chi connectivity index (χ0n) is 15.2. The first kappa shape index (κ1) is 17.3. The van der Waals surface area contributed by atoms with E-state index in [9.17, 15) is 4.39 Å². The van der Waals surface area contributed by atoms with Crippen LogP contribution in [-0.4, -0.2) is 56.0 Å². The second-order valence-corrected chi connectivity index (χ2v) is 8.28. The van der Waals surface area contributed by atoms with E-state index in [0.717, 1.165) is 39.0 Å². The molecule has 144 valence electrons. The number of morpholine rings is 1. The fourth-order valence-corrected chi connectivity index (χ4v) is 5.29. The van der Waals surface area contributed by atoms with Crippen molar-refractivity contribution in [2.45, 2.75) is 24.9 Å². The van der Waals surface area contributed by atoms with E-state index < -0.39 is 0 Å². The number of nitrogens with zero attached hydrogens (tertiary/aromatic N) is 4. The van der Waals surface area contributed by atoms with Gasteiger partial charge in [0.1, 0.15) is 0 Å². The molecule has 1 spiro atoms. The molecule has 0 aromatic carbocycles. The molecule has 2 aromatic heterocycles. The summed E-state index contributed by atoms with van der Waals surface area (Å²) in [6.07, 6.45) is 4.13. The van der Waals surface area contributed by atoms with Crippen molar-refractivity contribution in [1.82, 2.24) is 9.97 Å². The minimum Gasteiger partial charge on any atom is -0.378 e. The lowest BCUT2D eigenvalue weighted by molar-refractivity contribution is -0.0757. The van der Waals surface area contributed by atoms with Gasteiger partial charge in [0.25, 0.3) is 0 Å². The number of thiophene rings is 1. The second-order valence-electron chi connectivity index (χ2n) is 7.28. The minimum atomic E-state index is -0.368. The van der Waals surface area contributed by atoms with Gasteiger partial charge in [-0.3, -0.25) is 0 Å². The first-order valence-corrected chi connectivity index (χ1v) is 10.4. The molecule has 2 aromatic rings. The molecule has 0 saturated carbocycles. The normalized spacial score (nSPS) is 22.1. The molecule has 5 heterocycles. The van der Waals surface area contributed by atoms with Gasteiger partial charge in [0, 0.05) is 37.5 Å². The van der Waals surface area contributed by atoms with E-state index in [1.165, 1.54) is 16.6 Å². The third-order valence-electron chi connectivity index (χ3n) is 5.82. The summed E-state index contributed by atoms with van der Waals surface area (Å²) in [6, 6.07) is 2.22. The molecule has 2 saturated heterocycles. The summed E-state index contributed by atoms with van der Waals surface area (Å²) in [5, 5.41) is 2.17. The van der Waals surface area contributed by atoms with Crippen LogP contribution in [0, 0.1) is 5.82 Å². The van der Waals surface area contributed by atoms with E-state index in [4.69, 9.17) is 9.47 Å². The number of hydrogen-bond acceptors (Lipinski definition) is 7. The number of halogens is 1. The van der Waals surface area contributed by atoms with Gasteiger partial charge in [0.05, 0.1) is 31.6 Å². The van der Waals surface area contributed by atoms with Crippen LogP contribution in [0.3, 0.4) is 0 Å². The van der Waals surface area contributed by atoms with Crippen LogP contribution >= 0.6 is 11.3 Å². The predicted octanol–water partition coefficient (Wildman–Crippen LogP) is 2.58. The van der Waals surface area contributed by atoms with Crippen molar-refractivity contribution in [2.24, 2.45) is 0 Å². The summed E-state index contributed by atoms with van der Waals surface area (Å²) < 4.78 is 25.9. The highest BCUT2D eigenvalue weighted by Crippen LogP contribution is 2.43. The average Bonchev–Trinajstić information content (AvgIpc) is 3.20. The Morgan fingerprint density at radius 3 is 2.70 bits per heavy atom. The number of piperidine rings is 1. The lowest BCUT2D eigenvalue weighted by atomic mass is 9.82. The summed E-state index contributed by atoms with van der Waals surface area (Å²) >= 11 is 1.83. The smallest absolute Gasteiger partial charge is 0.227 e. The van der Waals surface area contributed by atoms with E-state index in [-0.39, 0.29) is 11.4 Å². The molecule has 0 amide bonds. The maximum atomic E-state index is 14.3. The highest BCUT2D eigenvalue weighted by atomic mass is 32.1. The number of hydrogen-bond donors (Lipinski definition) is 0. The Labute approximate surface area is 161 Å². The molecule has 6 nitrogen and oxygen atoms in total. The molecule has 0 unspecified atom stereocenters. The lowest BCUT2D eigenvalue weighted by Gasteiger charge is -2.44. The first-order valence-electron chi connectivity index (χ1n) is 9.56. The van der Waals surface area contributed by atoms with Crippen LogP contribution in [0.2, 0.25) is 0 Å². The molecule has 0 atom stereocenters. The zero-order chi connectivity index (χ0) is 18.3. The van der Waals surface area contributed by atoms with Gasteiger partial charge in [0.15, 0.2) is 11.6 Å². The topological polar surface area (TPSA) is 50.7 Å². The molecule has 0 N–H and O–H groups in total. The van der Waals surface area contributed by atoms with Crippen molar-refractivity contribution in [3.8, 4) is 0 Å². The highest BCUT2D eigenvalue weighted by Gasteiger charge is 2.41. The molecule has 8 heteroatoms. The maximum Gasteiger partial charge on any atom is 0.227 e. The van der Waals surface area contributed by atoms with Crippen LogP contribution in [0.15, 0.2) is 17.6 Å². The number of rotatable bonds is 2. The summed E-state index contributed by atoms with van der Waals surface area (Å²) in [7, 11) is 0. The van der Waals surface area contributed by atoms with Crippen molar-refractivity contribution in [3.63, 3.8) is 0 Å². The van der Waals surface area contributed by atoms with E-state index in [1.807, 2.05) is 16.2 Å². The van der Waals surface area contributed by atoms with Gasteiger partial charge in [-0.25, -0.2) is 9.37 Å². The monoisotopic (exact) mass is 390 g/mol. The van der Waals surface area contributed by atoms with Gasteiger partial charge < -0.3 is 19.3 Å². The third-order valence-corrected chi connectivity index (χ3v) is 6.80. The second kappa shape index (κ2) is 7.00. The molecule has 0 aliphatic carbocycles. The van der Waals surface area contributed by atoms with Crippen LogP contribution in [0.5, 0.6) is 0 Å². The number of anilines is 2. The van der Waals surface area contributed by atoms with Crippen LogP contribution in [0.4, 0.5) is 16.2 Å². The van der Waals surface area contributed by atoms with Crippen molar-refractivity contribution < 1.29 is 13.9 Å². The molecule has 0 bridgehead atoms. The Morgan fingerprint density at radius 1 is 1.07 bits per heavy atom. The molecule has 3 aliphatic heterocycles. The quantitative estimate of drug-likeness (QED) is 0.786. The van der Waals surface area contributed by atoms with E-state index >= 15 is 0 Å². The average molecular weight is 390 g/mol. The molecule has 5 rings (SSSR count). The SMILES string of the molecule is Fc1cnc(N2CCC3(CC2)OCCc2sccc23)nc1N1CCOCC1. The Kier molecular flexibility index (Phi) is 4.49. The van der Waals surface area contributed by atoms with E-state index in [2.05, 4.69) is 26.3 Å². The van der Waals surface area contributed by atoms with Gasteiger partial charge in [-0.15, -0.1) is 11.3 Å². The van der Waals surface area contributed by atoms with Gasteiger partial charge in [-0.1, -0.05) is 0 Å². The van der Waals surface area contributed by atoms with Crippen molar-refractivity contribution in [1.29, 1.82) is 0 Å². The molecular weight excluding hydrogens is 367 g/mol. The van der Waals surface area contributed by atoms with Gasteiger partial charge >= 0.3 is 0 Å². The lowest BCUT2D eigenvalue weighted by Crippen LogP contribution is -2.47. The largest absolute Gasteiger partial charge is 0.378 e. The fourth-order valence-electron chi connectivity index (χ4n) is 4.34. The highest BCUT2D eigenvalue weighted by molar-refractivity contribution is 7.10. The van der Waals surface area contributed by atoms with Crippen LogP contribution < -0.4 is 9.80 Å². The maximum absolute atomic E-state index is 14.3. The van der Waals surface area contributed by atoms with Gasteiger partial charge in [0.2, 0.25) is 5.95 Å². The van der Waals surface area contributed by atoms with Crippen molar-refractivity contribution >= 4 is 23.1 Å². The van der Waals surface area contributed by atoms with Crippen LogP contribution in [0.1, 0.15) is 23.3 Å². The Bertz CT molecular complexity index is 816.